The lowest BCUT2D eigenvalue weighted by Crippen LogP contribution is -2.34. The van der Waals surface area contributed by atoms with Gasteiger partial charge in [-0.3, -0.25) is 4.79 Å². The molecule has 94 valence electrons. The Morgan fingerprint density at radius 3 is 2.76 bits per heavy atom. The summed E-state index contributed by atoms with van der Waals surface area (Å²) in [6.07, 6.45) is 0.758. The lowest BCUT2D eigenvalue weighted by molar-refractivity contribution is -0.124. The van der Waals surface area contributed by atoms with Crippen molar-refractivity contribution in [1.82, 2.24) is 5.32 Å². The van der Waals surface area contributed by atoms with Crippen molar-refractivity contribution in [2.24, 2.45) is 11.7 Å². The maximum Gasteiger partial charge on any atom is 0.224 e. The molecule has 0 bridgehead atoms. The molecule has 0 aliphatic carbocycles. The summed E-state index contributed by atoms with van der Waals surface area (Å²) in [4.78, 5) is 11.7. The number of ether oxygens (including phenoxy) is 1. The zero-order valence-electron chi connectivity index (χ0n) is 10.4. The van der Waals surface area contributed by atoms with Crippen molar-refractivity contribution >= 4 is 5.91 Å². The van der Waals surface area contributed by atoms with Gasteiger partial charge in [0.05, 0.1) is 7.11 Å². The summed E-state index contributed by atoms with van der Waals surface area (Å²) in [6, 6.07) is 7.63. The maximum atomic E-state index is 11.7. The summed E-state index contributed by atoms with van der Waals surface area (Å²) in [6.45, 7) is 2.81. The molecule has 0 spiro atoms. The van der Waals surface area contributed by atoms with Crippen molar-refractivity contribution < 1.29 is 9.53 Å². The van der Waals surface area contributed by atoms with E-state index in [1.807, 2.05) is 31.2 Å². The molecule has 0 aliphatic rings. The second kappa shape index (κ2) is 6.91. The number of para-hydroxylation sites is 1. The molecule has 0 aliphatic heterocycles. The Hall–Kier alpha value is -1.55. The third kappa shape index (κ3) is 3.75. The van der Waals surface area contributed by atoms with Crippen LogP contribution >= 0.6 is 0 Å². The van der Waals surface area contributed by atoms with E-state index < -0.39 is 0 Å². The molecule has 0 saturated carbocycles. The van der Waals surface area contributed by atoms with Gasteiger partial charge in [-0.2, -0.15) is 0 Å². The van der Waals surface area contributed by atoms with E-state index in [9.17, 15) is 4.79 Å². The van der Waals surface area contributed by atoms with Crippen molar-refractivity contribution in [2.45, 2.75) is 19.9 Å². The van der Waals surface area contributed by atoms with Crippen molar-refractivity contribution in [3.63, 3.8) is 0 Å². The second-order valence-corrected chi connectivity index (χ2v) is 3.87. The van der Waals surface area contributed by atoms with Gasteiger partial charge in [0, 0.05) is 24.6 Å². The van der Waals surface area contributed by atoms with Crippen LogP contribution in [-0.2, 0) is 11.3 Å². The minimum atomic E-state index is -0.107. The molecule has 0 fully saturated rings. The van der Waals surface area contributed by atoms with Crippen LogP contribution in [0.1, 0.15) is 18.9 Å². The average molecular weight is 236 g/mol. The Labute approximate surface area is 102 Å². The molecule has 1 atom stereocenters. The van der Waals surface area contributed by atoms with Gasteiger partial charge in [-0.1, -0.05) is 25.1 Å². The molecule has 1 unspecified atom stereocenters. The van der Waals surface area contributed by atoms with Crippen LogP contribution in [-0.4, -0.2) is 19.6 Å². The highest BCUT2D eigenvalue weighted by atomic mass is 16.5. The van der Waals surface area contributed by atoms with E-state index in [0.717, 1.165) is 17.7 Å². The Kier molecular flexibility index (Phi) is 5.49. The summed E-state index contributed by atoms with van der Waals surface area (Å²) < 4.78 is 5.21. The molecule has 1 rings (SSSR count). The lowest BCUT2D eigenvalue weighted by atomic mass is 10.1. The normalized spacial score (nSPS) is 11.9. The number of methoxy groups -OCH3 is 1. The molecular formula is C13H20N2O2. The number of carbonyl (C=O) groups is 1. The van der Waals surface area contributed by atoms with Crippen molar-refractivity contribution in [3.05, 3.63) is 29.8 Å². The Morgan fingerprint density at radius 1 is 1.47 bits per heavy atom. The van der Waals surface area contributed by atoms with Crippen LogP contribution in [0.2, 0.25) is 0 Å². The van der Waals surface area contributed by atoms with Crippen LogP contribution in [0.15, 0.2) is 24.3 Å². The predicted octanol–water partition coefficient (Wildman–Crippen LogP) is 1.30. The van der Waals surface area contributed by atoms with Gasteiger partial charge in [0.2, 0.25) is 5.91 Å². The zero-order valence-corrected chi connectivity index (χ0v) is 10.4. The molecule has 0 saturated heterocycles. The van der Waals surface area contributed by atoms with Crippen LogP contribution in [0.4, 0.5) is 0 Å². The molecule has 17 heavy (non-hydrogen) atoms. The van der Waals surface area contributed by atoms with Crippen molar-refractivity contribution in [1.29, 1.82) is 0 Å². The molecular weight excluding hydrogens is 216 g/mol. The lowest BCUT2D eigenvalue weighted by Gasteiger charge is -2.14. The predicted molar refractivity (Wildman–Crippen MR) is 67.7 cm³/mol. The van der Waals surface area contributed by atoms with E-state index in [0.29, 0.717) is 13.1 Å². The fourth-order valence-corrected chi connectivity index (χ4v) is 1.63. The van der Waals surface area contributed by atoms with Gasteiger partial charge < -0.3 is 15.8 Å². The first-order chi connectivity index (χ1) is 8.22. The summed E-state index contributed by atoms with van der Waals surface area (Å²) in [5.41, 5.74) is 6.49. The molecule has 1 amide bonds. The largest absolute Gasteiger partial charge is 0.496 e. The summed E-state index contributed by atoms with van der Waals surface area (Å²) in [7, 11) is 1.62. The van der Waals surface area contributed by atoms with Crippen LogP contribution < -0.4 is 15.8 Å². The summed E-state index contributed by atoms with van der Waals surface area (Å²) >= 11 is 0. The Bertz CT molecular complexity index is 362. The van der Waals surface area contributed by atoms with Gasteiger partial charge in [0.1, 0.15) is 5.75 Å². The number of benzene rings is 1. The van der Waals surface area contributed by atoms with E-state index in [-0.39, 0.29) is 11.8 Å². The smallest absolute Gasteiger partial charge is 0.224 e. The quantitative estimate of drug-likeness (QED) is 0.782. The Morgan fingerprint density at radius 2 is 2.18 bits per heavy atom. The highest BCUT2D eigenvalue weighted by molar-refractivity contribution is 5.78. The third-order valence-electron chi connectivity index (χ3n) is 2.79. The zero-order chi connectivity index (χ0) is 12.7. The molecule has 1 aromatic carbocycles. The first-order valence-corrected chi connectivity index (χ1v) is 5.82. The van der Waals surface area contributed by atoms with Gasteiger partial charge in [-0.25, -0.2) is 0 Å². The Balaban J connectivity index is 2.58. The summed E-state index contributed by atoms with van der Waals surface area (Å²) in [5, 5.41) is 2.88. The molecule has 0 aromatic heterocycles. The summed E-state index contributed by atoms with van der Waals surface area (Å²) in [5.74, 6) is 0.680. The molecule has 0 radical (unpaired) electrons. The SMILES string of the molecule is CCC(CN)C(=O)NCc1ccccc1OC. The average Bonchev–Trinajstić information content (AvgIpc) is 2.38. The van der Waals surface area contributed by atoms with Crippen molar-refractivity contribution in [2.75, 3.05) is 13.7 Å². The minimum Gasteiger partial charge on any atom is -0.496 e. The van der Waals surface area contributed by atoms with E-state index >= 15 is 0 Å². The van der Waals surface area contributed by atoms with Crippen LogP contribution in [0.25, 0.3) is 0 Å². The molecule has 0 heterocycles. The number of hydrogen-bond donors (Lipinski definition) is 2. The first kappa shape index (κ1) is 13.5. The second-order valence-electron chi connectivity index (χ2n) is 3.87. The van der Waals surface area contributed by atoms with E-state index in [4.69, 9.17) is 10.5 Å². The molecule has 4 heteroatoms. The number of nitrogens with one attached hydrogen (secondary N) is 1. The van der Waals surface area contributed by atoms with Gasteiger partial charge in [-0.05, 0) is 12.5 Å². The third-order valence-corrected chi connectivity index (χ3v) is 2.79. The first-order valence-electron chi connectivity index (χ1n) is 5.82. The fourth-order valence-electron chi connectivity index (χ4n) is 1.63. The number of amides is 1. The highest BCUT2D eigenvalue weighted by Gasteiger charge is 2.14. The van der Waals surface area contributed by atoms with E-state index in [2.05, 4.69) is 5.32 Å². The highest BCUT2D eigenvalue weighted by Crippen LogP contribution is 2.16. The number of carbonyl (C=O) groups excluding carboxylic acids is 1. The van der Waals surface area contributed by atoms with Crippen molar-refractivity contribution in [3.8, 4) is 5.75 Å². The van der Waals surface area contributed by atoms with Gasteiger partial charge in [0.15, 0.2) is 0 Å². The van der Waals surface area contributed by atoms with Crippen LogP contribution in [0.3, 0.4) is 0 Å². The van der Waals surface area contributed by atoms with Gasteiger partial charge >= 0.3 is 0 Å². The monoisotopic (exact) mass is 236 g/mol. The van der Waals surface area contributed by atoms with Gasteiger partial charge in [-0.15, -0.1) is 0 Å². The van der Waals surface area contributed by atoms with Gasteiger partial charge in [0.25, 0.3) is 0 Å². The molecule has 3 N–H and O–H groups in total. The number of hydrogen-bond acceptors (Lipinski definition) is 3. The minimum absolute atomic E-state index is 0.000839. The number of nitrogens with two attached hydrogens (primary N) is 1. The maximum absolute atomic E-state index is 11.7. The number of rotatable bonds is 6. The molecule has 1 aromatic rings. The van der Waals surface area contributed by atoms with E-state index in [1.54, 1.807) is 7.11 Å². The fraction of sp³-hybridized carbons (Fsp3) is 0.462. The van der Waals surface area contributed by atoms with Crippen LogP contribution in [0, 0.1) is 5.92 Å². The molecule has 4 nitrogen and oxygen atoms in total. The standard InChI is InChI=1S/C13H20N2O2/c1-3-10(8-14)13(16)15-9-11-6-4-5-7-12(11)17-2/h4-7,10H,3,8-9,14H2,1-2H3,(H,15,16). The van der Waals surface area contributed by atoms with Crippen LogP contribution in [0.5, 0.6) is 5.75 Å². The van der Waals surface area contributed by atoms with E-state index in [1.165, 1.54) is 0 Å². The topological polar surface area (TPSA) is 64.4 Å².